The average Bonchev–Trinajstić information content (AvgIpc) is 3.22. The molecule has 1 unspecified atom stereocenters. The van der Waals surface area contributed by atoms with E-state index >= 15 is 0 Å². The summed E-state index contributed by atoms with van der Waals surface area (Å²) < 4.78 is 1.12. The lowest BCUT2D eigenvalue weighted by molar-refractivity contribution is 0.500. The molecule has 0 aliphatic heterocycles. The van der Waals surface area contributed by atoms with Gasteiger partial charge in [-0.3, -0.25) is 0 Å². The molecule has 0 amide bonds. The highest BCUT2D eigenvalue weighted by atomic mass is 79.9. The third-order valence-corrected chi connectivity index (χ3v) is 6.10. The summed E-state index contributed by atoms with van der Waals surface area (Å²) in [6.45, 7) is 1.11. The van der Waals surface area contributed by atoms with Crippen molar-refractivity contribution >= 4 is 27.3 Å². The standard InChI is InChI=1S/C17H19BrN2S/c18-13-6-4-11(5-7-13)17-20-16-12(10-19-14-8-9-14)2-1-3-15(16)21-17/h4-7,12,14,19H,1-3,8-10H2. The molecular weight excluding hydrogens is 344 g/mol. The molecule has 0 bridgehead atoms. The largest absolute Gasteiger partial charge is 0.313 e. The summed E-state index contributed by atoms with van der Waals surface area (Å²) in [7, 11) is 0. The van der Waals surface area contributed by atoms with E-state index in [1.54, 1.807) is 0 Å². The van der Waals surface area contributed by atoms with E-state index in [4.69, 9.17) is 4.98 Å². The summed E-state index contributed by atoms with van der Waals surface area (Å²) in [6.07, 6.45) is 6.53. The molecule has 1 aromatic carbocycles. The van der Waals surface area contributed by atoms with Crippen molar-refractivity contribution in [3.05, 3.63) is 39.3 Å². The average molecular weight is 363 g/mol. The first-order chi connectivity index (χ1) is 10.3. The first-order valence-electron chi connectivity index (χ1n) is 7.78. The number of aromatic nitrogens is 1. The first-order valence-corrected chi connectivity index (χ1v) is 9.39. The van der Waals surface area contributed by atoms with Gasteiger partial charge in [-0.1, -0.05) is 28.1 Å². The maximum Gasteiger partial charge on any atom is 0.123 e. The molecule has 1 fully saturated rings. The second-order valence-corrected chi connectivity index (χ2v) is 8.11. The predicted molar refractivity (Wildman–Crippen MR) is 92.0 cm³/mol. The van der Waals surface area contributed by atoms with Gasteiger partial charge in [0.2, 0.25) is 0 Å². The zero-order valence-corrected chi connectivity index (χ0v) is 14.3. The molecule has 2 aromatic rings. The molecule has 4 rings (SSSR count). The highest BCUT2D eigenvalue weighted by Gasteiger charge is 2.27. The smallest absolute Gasteiger partial charge is 0.123 e. The van der Waals surface area contributed by atoms with Crippen LogP contribution >= 0.6 is 27.3 Å². The van der Waals surface area contributed by atoms with E-state index in [9.17, 15) is 0 Å². The number of rotatable bonds is 4. The molecule has 1 heterocycles. The molecule has 110 valence electrons. The monoisotopic (exact) mass is 362 g/mol. The molecule has 1 atom stereocenters. The van der Waals surface area contributed by atoms with Gasteiger partial charge in [0, 0.05) is 33.4 Å². The second kappa shape index (κ2) is 5.82. The van der Waals surface area contributed by atoms with Gasteiger partial charge in [-0.05, 0) is 44.2 Å². The third kappa shape index (κ3) is 3.08. The summed E-state index contributed by atoms with van der Waals surface area (Å²) in [6, 6.07) is 9.31. The first kappa shape index (κ1) is 13.9. The number of halogens is 1. The molecule has 2 aliphatic rings. The molecule has 21 heavy (non-hydrogen) atoms. The Bertz CT molecular complexity index is 631. The van der Waals surface area contributed by atoms with Crippen molar-refractivity contribution in [1.82, 2.24) is 10.3 Å². The van der Waals surface area contributed by atoms with Gasteiger partial charge in [-0.25, -0.2) is 4.98 Å². The van der Waals surface area contributed by atoms with Gasteiger partial charge in [0.1, 0.15) is 5.01 Å². The van der Waals surface area contributed by atoms with Gasteiger partial charge in [0.25, 0.3) is 0 Å². The lowest BCUT2D eigenvalue weighted by Gasteiger charge is -2.21. The minimum Gasteiger partial charge on any atom is -0.313 e. The van der Waals surface area contributed by atoms with E-state index in [0.717, 1.165) is 17.1 Å². The lowest BCUT2D eigenvalue weighted by atomic mass is 9.91. The van der Waals surface area contributed by atoms with Crippen LogP contribution in [0.25, 0.3) is 10.6 Å². The maximum absolute atomic E-state index is 4.99. The quantitative estimate of drug-likeness (QED) is 0.848. The number of nitrogens with zero attached hydrogens (tertiary/aromatic N) is 1. The Morgan fingerprint density at radius 2 is 2.00 bits per heavy atom. The van der Waals surface area contributed by atoms with Crippen LogP contribution < -0.4 is 5.32 Å². The van der Waals surface area contributed by atoms with Crippen molar-refractivity contribution in [2.75, 3.05) is 6.54 Å². The van der Waals surface area contributed by atoms with Crippen LogP contribution in [0.3, 0.4) is 0 Å². The number of fused-ring (bicyclic) bond motifs is 1. The molecule has 1 N–H and O–H groups in total. The molecule has 2 aliphatic carbocycles. The van der Waals surface area contributed by atoms with Crippen LogP contribution in [0.5, 0.6) is 0 Å². The zero-order valence-electron chi connectivity index (χ0n) is 11.9. The van der Waals surface area contributed by atoms with Crippen molar-refractivity contribution in [2.24, 2.45) is 0 Å². The summed E-state index contributed by atoms with van der Waals surface area (Å²) in [5, 5.41) is 4.87. The summed E-state index contributed by atoms with van der Waals surface area (Å²) in [5.74, 6) is 0.620. The van der Waals surface area contributed by atoms with Crippen LogP contribution in [0.4, 0.5) is 0 Å². The van der Waals surface area contributed by atoms with E-state index in [0.29, 0.717) is 5.92 Å². The Morgan fingerprint density at radius 1 is 1.19 bits per heavy atom. The van der Waals surface area contributed by atoms with Gasteiger partial charge in [-0.15, -0.1) is 11.3 Å². The lowest BCUT2D eigenvalue weighted by Crippen LogP contribution is -2.25. The third-order valence-electron chi connectivity index (χ3n) is 4.39. The van der Waals surface area contributed by atoms with Gasteiger partial charge in [0.05, 0.1) is 5.69 Å². The van der Waals surface area contributed by atoms with Crippen molar-refractivity contribution in [3.8, 4) is 10.6 Å². The summed E-state index contributed by atoms with van der Waals surface area (Å²) >= 11 is 5.39. The summed E-state index contributed by atoms with van der Waals surface area (Å²) in [5.41, 5.74) is 2.61. The zero-order chi connectivity index (χ0) is 14.2. The van der Waals surface area contributed by atoms with E-state index in [1.807, 2.05) is 11.3 Å². The molecule has 4 heteroatoms. The topological polar surface area (TPSA) is 24.9 Å². The molecule has 0 saturated heterocycles. The van der Waals surface area contributed by atoms with Crippen LogP contribution in [-0.4, -0.2) is 17.6 Å². The molecule has 1 aromatic heterocycles. The van der Waals surface area contributed by atoms with Crippen LogP contribution in [-0.2, 0) is 6.42 Å². The van der Waals surface area contributed by atoms with Crippen LogP contribution in [0, 0.1) is 0 Å². The van der Waals surface area contributed by atoms with Gasteiger partial charge < -0.3 is 5.32 Å². The predicted octanol–water partition coefficient (Wildman–Crippen LogP) is 4.74. The fraction of sp³-hybridized carbons (Fsp3) is 0.471. The van der Waals surface area contributed by atoms with E-state index in [2.05, 4.69) is 45.5 Å². The number of benzene rings is 1. The van der Waals surface area contributed by atoms with Crippen molar-refractivity contribution in [1.29, 1.82) is 0 Å². The molecule has 0 radical (unpaired) electrons. The SMILES string of the molecule is Brc1ccc(-c2nc3c(s2)CCCC3CNC2CC2)cc1. The highest BCUT2D eigenvalue weighted by Crippen LogP contribution is 2.38. The molecular formula is C17H19BrN2S. The van der Waals surface area contributed by atoms with Gasteiger partial charge in [-0.2, -0.15) is 0 Å². The van der Waals surface area contributed by atoms with E-state index in [-0.39, 0.29) is 0 Å². The Balaban J connectivity index is 1.58. The van der Waals surface area contributed by atoms with Crippen LogP contribution in [0.1, 0.15) is 42.2 Å². The molecule has 2 nitrogen and oxygen atoms in total. The van der Waals surface area contributed by atoms with E-state index < -0.39 is 0 Å². The minimum atomic E-state index is 0.620. The normalized spacial score (nSPS) is 21.3. The summed E-state index contributed by atoms with van der Waals surface area (Å²) in [4.78, 5) is 6.51. The number of aryl methyl sites for hydroxylation is 1. The van der Waals surface area contributed by atoms with E-state index in [1.165, 1.54) is 53.2 Å². The van der Waals surface area contributed by atoms with Gasteiger partial charge in [0.15, 0.2) is 0 Å². The minimum absolute atomic E-state index is 0.620. The highest BCUT2D eigenvalue weighted by molar-refractivity contribution is 9.10. The van der Waals surface area contributed by atoms with Crippen molar-refractivity contribution in [3.63, 3.8) is 0 Å². The Kier molecular flexibility index (Phi) is 3.86. The fourth-order valence-electron chi connectivity index (χ4n) is 3.02. The number of thiazole rings is 1. The number of nitrogens with one attached hydrogen (secondary N) is 1. The van der Waals surface area contributed by atoms with Crippen molar-refractivity contribution < 1.29 is 0 Å². The Labute approximate surface area is 138 Å². The number of hydrogen-bond acceptors (Lipinski definition) is 3. The number of hydrogen-bond donors (Lipinski definition) is 1. The van der Waals surface area contributed by atoms with Crippen molar-refractivity contribution in [2.45, 2.75) is 44.1 Å². The Hall–Kier alpha value is -0.710. The second-order valence-electron chi connectivity index (χ2n) is 6.11. The maximum atomic E-state index is 4.99. The molecule has 0 spiro atoms. The Morgan fingerprint density at radius 3 is 2.76 bits per heavy atom. The fourth-order valence-corrected chi connectivity index (χ4v) is 4.48. The van der Waals surface area contributed by atoms with Crippen LogP contribution in [0.2, 0.25) is 0 Å². The van der Waals surface area contributed by atoms with Gasteiger partial charge >= 0.3 is 0 Å². The van der Waals surface area contributed by atoms with Crippen LogP contribution in [0.15, 0.2) is 28.7 Å². The molecule has 1 saturated carbocycles.